The third-order valence-corrected chi connectivity index (χ3v) is 4.88. The molecule has 3 rings (SSSR count). The SMILES string of the molecule is O=C(CCC(=O)c1cccs1)OCc1nnc(-c2ccccc2Br)o1. The highest BCUT2D eigenvalue weighted by molar-refractivity contribution is 9.10. The number of hydrogen-bond donors (Lipinski definition) is 0. The monoisotopic (exact) mass is 420 g/mol. The summed E-state index contributed by atoms with van der Waals surface area (Å²) in [6.45, 7) is -0.122. The second kappa shape index (κ2) is 8.17. The van der Waals surface area contributed by atoms with Gasteiger partial charge in [-0.3, -0.25) is 9.59 Å². The normalized spacial score (nSPS) is 10.6. The molecule has 0 aliphatic heterocycles. The van der Waals surface area contributed by atoms with E-state index in [0.29, 0.717) is 10.8 Å². The molecular weight excluding hydrogens is 408 g/mol. The molecule has 0 amide bonds. The standard InChI is InChI=1S/C17H13BrN2O4S/c18-12-5-2-1-4-11(12)17-20-19-15(24-17)10-23-16(22)8-7-13(21)14-6-3-9-25-14/h1-6,9H,7-8,10H2. The zero-order valence-corrected chi connectivity index (χ0v) is 15.4. The molecule has 0 saturated carbocycles. The molecule has 0 fully saturated rings. The van der Waals surface area contributed by atoms with E-state index < -0.39 is 5.97 Å². The molecule has 1 aromatic carbocycles. The maximum absolute atomic E-state index is 11.8. The van der Waals surface area contributed by atoms with E-state index in [-0.39, 0.29) is 31.1 Å². The van der Waals surface area contributed by atoms with Crippen LogP contribution in [0.1, 0.15) is 28.4 Å². The number of carbonyl (C=O) groups excluding carboxylic acids is 2. The number of nitrogens with zero attached hydrogens (tertiary/aromatic N) is 2. The number of thiophene rings is 1. The number of hydrogen-bond acceptors (Lipinski definition) is 7. The van der Waals surface area contributed by atoms with Crippen molar-refractivity contribution in [1.29, 1.82) is 0 Å². The van der Waals surface area contributed by atoms with E-state index in [1.165, 1.54) is 11.3 Å². The quantitative estimate of drug-likeness (QED) is 0.419. The van der Waals surface area contributed by atoms with Crippen molar-refractivity contribution in [2.75, 3.05) is 0 Å². The fourth-order valence-electron chi connectivity index (χ4n) is 2.05. The first-order valence-corrected chi connectivity index (χ1v) is 9.10. The van der Waals surface area contributed by atoms with Gasteiger partial charge in [0.05, 0.1) is 16.9 Å². The van der Waals surface area contributed by atoms with Crippen LogP contribution in [-0.2, 0) is 16.1 Å². The summed E-state index contributed by atoms with van der Waals surface area (Å²) in [5.41, 5.74) is 0.758. The average Bonchev–Trinajstić information content (AvgIpc) is 3.30. The molecule has 0 saturated heterocycles. The number of carbonyl (C=O) groups is 2. The Balaban J connectivity index is 1.50. The minimum absolute atomic E-state index is 0.0158. The molecule has 0 atom stereocenters. The van der Waals surface area contributed by atoms with E-state index in [1.807, 2.05) is 29.6 Å². The minimum atomic E-state index is -0.481. The molecule has 128 valence electrons. The van der Waals surface area contributed by atoms with Crippen LogP contribution in [0, 0.1) is 0 Å². The Hall–Kier alpha value is -2.32. The van der Waals surface area contributed by atoms with Crippen LogP contribution in [0.5, 0.6) is 0 Å². The van der Waals surface area contributed by atoms with Crippen molar-refractivity contribution in [2.45, 2.75) is 19.4 Å². The summed E-state index contributed by atoms with van der Waals surface area (Å²) in [5.74, 6) is -0.0124. The number of rotatable bonds is 7. The van der Waals surface area contributed by atoms with Crippen molar-refractivity contribution in [3.05, 3.63) is 57.0 Å². The van der Waals surface area contributed by atoms with Gasteiger partial charge in [0.1, 0.15) is 0 Å². The number of ketones is 1. The maximum atomic E-state index is 11.8. The topological polar surface area (TPSA) is 82.3 Å². The van der Waals surface area contributed by atoms with Crippen LogP contribution in [0.2, 0.25) is 0 Å². The fourth-order valence-corrected chi connectivity index (χ4v) is 3.19. The van der Waals surface area contributed by atoms with Gasteiger partial charge < -0.3 is 9.15 Å². The van der Waals surface area contributed by atoms with Crippen molar-refractivity contribution in [2.24, 2.45) is 0 Å². The lowest BCUT2D eigenvalue weighted by Crippen LogP contribution is -2.07. The zero-order valence-electron chi connectivity index (χ0n) is 13.0. The number of Topliss-reactive ketones (excluding diaryl/α,β-unsaturated/α-hetero) is 1. The van der Waals surface area contributed by atoms with Gasteiger partial charge in [-0.2, -0.15) is 0 Å². The molecule has 0 N–H and O–H groups in total. The van der Waals surface area contributed by atoms with Crippen LogP contribution in [-0.4, -0.2) is 21.9 Å². The van der Waals surface area contributed by atoms with Crippen LogP contribution >= 0.6 is 27.3 Å². The van der Waals surface area contributed by atoms with Crippen molar-refractivity contribution < 1.29 is 18.7 Å². The van der Waals surface area contributed by atoms with Crippen LogP contribution < -0.4 is 0 Å². The molecule has 0 aliphatic carbocycles. The Bertz CT molecular complexity index is 876. The van der Waals surface area contributed by atoms with Crippen LogP contribution in [0.25, 0.3) is 11.5 Å². The summed E-state index contributed by atoms with van der Waals surface area (Å²) in [6, 6.07) is 11.0. The second-order valence-corrected chi connectivity index (χ2v) is 6.84. The van der Waals surface area contributed by atoms with Crippen molar-refractivity contribution in [3.63, 3.8) is 0 Å². The zero-order chi connectivity index (χ0) is 17.6. The molecule has 2 aromatic heterocycles. The summed E-state index contributed by atoms with van der Waals surface area (Å²) in [7, 11) is 0. The molecule has 0 spiro atoms. The van der Waals surface area contributed by atoms with Crippen molar-refractivity contribution in [1.82, 2.24) is 10.2 Å². The lowest BCUT2D eigenvalue weighted by atomic mass is 10.2. The highest BCUT2D eigenvalue weighted by atomic mass is 79.9. The van der Waals surface area contributed by atoms with Gasteiger partial charge in [-0.25, -0.2) is 0 Å². The highest BCUT2D eigenvalue weighted by Crippen LogP contribution is 2.26. The van der Waals surface area contributed by atoms with Crippen LogP contribution in [0.3, 0.4) is 0 Å². The summed E-state index contributed by atoms with van der Waals surface area (Å²) in [6.07, 6.45) is 0.132. The number of esters is 1. The number of ether oxygens (including phenoxy) is 1. The largest absolute Gasteiger partial charge is 0.456 e. The molecule has 0 radical (unpaired) electrons. The minimum Gasteiger partial charge on any atom is -0.456 e. The molecule has 3 aromatic rings. The molecule has 0 bridgehead atoms. The van der Waals surface area contributed by atoms with E-state index in [2.05, 4.69) is 26.1 Å². The smallest absolute Gasteiger partial charge is 0.306 e. The predicted molar refractivity (Wildman–Crippen MR) is 95.1 cm³/mol. The van der Waals surface area contributed by atoms with Gasteiger partial charge in [0, 0.05) is 10.9 Å². The first kappa shape index (κ1) is 17.5. The van der Waals surface area contributed by atoms with Crippen molar-refractivity contribution in [3.8, 4) is 11.5 Å². The molecule has 6 nitrogen and oxygen atoms in total. The van der Waals surface area contributed by atoms with Crippen LogP contribution in [0.4, 0.5) is 0 Å². The molecule has 2 heterocycles. The Kier molecular flexibility index (Phi) is 5.72. The first-order valence-electron chi connectivity index (χ1n) is 7.43. The van der Waals surface area contributed by atoms with E-state index >= 15 is 0 Å². The number of benzene rings is 1. The number of aromatic nitrogens is 2. The lowest BCUT2D eigenvalue weighted by Gasteiger charge is -2.01. The summed E-state index contributed by atoms with van der Waals surface area (Å²) in [5, 5.41) is 9.63. The Morgan fingerprint density at radius 1 is 1.12 bits per heavy atom. The number of halogens is 1. The molecule has 8 heteroatoms. The Morgan fingerprint density at radius 3 is 2.72 bits per heavy atom. The predicted octanol–water partition coefficient (Wildman–Crippen LogP) is 4.27. The van der Waals surface area contributed by atoms with Gasteiger partial charge in [0.2, 0.25) is 5.89 Å². The summed E-state index contributed by atoms with van der Waals surface area (Å²) >= 11 is 4.77. The van der Waals surface area contributed by atoms with E-state index in [9.17, 15) is 9.59 Å². The van der Waals surface area contributed by atoms with Gasteiger partial charge in [0.25, 0.3) is 5.89 Å². The Morgan fingerprint density at radius 2 is 1.96 bits per heavy atom. The van der Waals surface area contributed by atoms with E-state index in [0.717, 1.165) is 10.0 Å². The first-order chi connectivity index (χ1) is 12.1. The van der Waals surface area contributed by atoms with Gasteiger partial charge in [0.15, 0.2) is 12.4 Å². The second-order valence-electron chi connectivity index (χ2n) is 5.04. The molecule has 0 unspecified atom stereocenters. The molecule has 0 aliphatic rings. The average molecular weight is 421 g/mol. The van der Waals surface area contributed by atoms with Gasteiger partial charge in [-0.1, -0.05) is 18.2 Å². The van der Waals surface area contributed by atoms with E-state index in [1.54, 1.807) is 12.1 Å². The molecule has 25 heavy (non-hydrogen) atoms. The fraction of sp³-hybridized carbons (Fsp3) is 0.176. The van der Waals surface area contributed by atoms with Gasteiger partial charge in [-0.05, 0) is 39.5 Å². The summed E-state index contributed by atoms with van der Waals surface area (Å²) in [4.78, 5) is 24.2. The molecular formula is C17H13BrN2O4S. The van der Waals surface area contributed by atoms with Crippen LogP contribution in [0.15, 0.2) is 50.7 Å². The lowest BCUT2D eigenvalue weighted by molar-refractivity contribution is -0.145. The van der Waals surface area contributed by atoms with E-state index in [4.69, 9.17) is 9.15 Å². The van der Waals surface area contributed by atoms with Gasteiger partial charge >= 0.3 is 5.97 Å². The van der Waals surface area contributed by atoms with Crippen molar-refractivity contribution >= 4 is 39.0 Å². The highest BCUT2D eigenvalue weighted by Gasteiger charge is 2.14. The summed E-state index contributed by atoms with van der Waals surface area (Å²) < 4.78 is 11.4. The van der Waals surface area contributed by atoms with Gasteiger partial charge in [-0.15, -0.1) is 21.5 Å². The third kappa shape index (κ3) is 4.61. The maximum Gasteiger partial charge on any atom is 0.306 e. The Labute approximate surface area is 156 Å². The third-order valence-electron chi connectivity index (χ3n) is 3.28.